The fourth-order valence-corrected chi connectivity index (χ4v) is 3.77. The first-order chi connectivity index (χ1) is 13.3. The predicted octanol–water partition coefficient (Wildman–Crippen LogP) is 4.34. The Morgan fingerprint density at radius 1 is 1.07 bits per heavy atom. The van der Waals surface area contributed by atoms with Crippen molar-refractivity contribution in [2.45, 2.75) is 38.0 Å². The monoisotopic (exact) mass is 361 g/mol. The summed E-state index contributed by atoms with van der Waals surface area (Å²) in [7, 11) is 1.63. The number of methoxy groups -OCH3 is 1. The third-order valence-corrected chi connectivity index (χ3v) is 5.20. The highest BCUT2D eigenvalue weighted by molar-refractivity contribution is 5.83. The second-order valence-electron chi connectivity index (χ2n) is 6.93. The molecular weight excluding hydrogens is 338 g/mol. The van der Waals surface area contributed by atoms with E-state index in [9.17, 15) is 4.79 Å². The molecule has 1 aliphatic carbocycles. The zero-order valence-electron chi connectivity index (χ0n) is 15.5. The molecule has 0 amide bonds. The number of fused-ring (bicyclic) bond motifs is 1. The first-order valence-corrected chi connectivity index (χ1v) is 9.47. The standard InChI is InChI=1S/C22H23N3O2/c1-27-20-14-8-5-11-17(20)15-23-25-21(16-9-3-2-4-10-16)24-19-13-7-6-12-18(19)22(25)26/h5-8,11-16H,2-4,9-10H2,1H3. The lowest BCUT2D eigenvalue weighted by Crippen LogP contribution is -2.25. The normalized spacial score (nSPS) is 15.4. The van der Waals surface area contributed by atoms with E-state index in [1.54, 1.807) is 13.3 Å². The summed E-state index contributed by atoms with van der Waals surface area (Å²) in [6.07, 6.45) is 7.37. The molecule has 2 aromatic carbocycles. The zero-order valence-corrected chi connectivity index (χ0v) is 15.5. The maximum atomic E-state index is 13.1. The van der Waals surface area contributed by atoms with Gasteiger partial charge in [0.15, 0.2) is 0 Å². The number of para-hydroxylation sites is 2. The lowest BCUT2D eigenvalue weighted by atomic mass is 9.88. The van der Waals surface area contributed by atoms with E-state index >= 15 is 0 Å². The molecule has 138 valence electrons. The van der Waals surface area contributed by atoms with E-state index in [1.165, 1.54) is 23.9 Å². The van der Waals surface area contributed by atoms with Crippen molar-refractivity contribution < 1.29 is 4.74 Å². The summed E-state index contributed by atoms with van der Waals surface area (Å²) in [4.78, 5) is 18.0. The second-order valence-corrected chi connectivity index (χ2v) is 6.93. The molecule has 1 heterocycles. The van der Waals surface area contributed by atoms with Crippen LogP contribution in [0.5, 0.6) is 5.75 Å². The van der Waals surface area contributed by atoms with Gasteiger partial charge in [0.2, 0.25) is 0 Å². The molecule has 5 heteroatoms. The minimum atomic E-state index is -0.118. The van der Waals surface area contributed by atoms with Gasteiger partial charge in [-0.1, -0.05) is 43.5 Å². The Balaban J connectivity index is 1.85. The Bertz CT molecular complexity index is 1030. The van der Waals surface area contributed by atoms with Crippen LogP contribution in [0.3, 0.4) is 0 Å². The van der Waals surface area contributed by atoms with Crippen molar-refractivity contribution in [1.29, 1.82) is 0 Å². The van der Waals surface area contributed by atoms with Gasteiger partial charge in [0.25, 0.3) is 5.56 Å². The molecule has 0 bridgehead atoms. The number of ether oxygens (including phenoxy) is 1. The number of hydrogen-bond donors (Lipinski definition) is 0. The molecule has 0 N–H and O–H groups in total. The Morgan fingerprint density at radius 2 is 1.81 bits per heavy atom. The average molecular weight is 361 g/mol. The van der Waals surface area contributed by atoms with Crippen LogP contribution in [0, 0.1) is 0 Å². The largest absolute Gasteiger partial charge is 0.496 e. The number of benzene rings is 2. The number of nitrogens with zero attached hydrogens (tertiary/aromatic N) is 3. The van der Waals surface area contributed by atoms with Crippen LogP contribution in [-0.4, -0.2) is 23.0 Å². The molecule has 0 radical (unpaired) electrons. The van der Waals surface area contributed by atoms with E-state index in [0.717, 1.165) is 35.5 Å². The fraction of sp³-hybridized carbons (Fsp3) is 0.318. The summed E-state index contributed by atoms with van der Waals surface area (Å²) in [5.74, 6) is 1.76. The Labute approximate surface area is 158 Å². The molecule has 0 aliphatic heterocycles. The summed E-state index contributed by atoms with van der Waals surface area (Å²) in [5.41, 5.74) is 1.45. The van der Waals surface area contributed by atoms with E-state index in [2.05, 4.69) is 5.10 Å². The van der Waals surface area contributed by atoms with Crippen molar-refractivity contribution >= 4 is 17.1 Å². The van der Waals surface area contributed by atoms with Crippen LogP contribution >= 0.6 is 0 Å². The highest BCUT2D eigenvalue weighted by atomic mass is 16.5. The van der Waals surface area contributed by atoms with E-state index in [-0.39, 0.29) is 11.5 Å². The molecule has 0 unspecified atom stereocenters. The van der Waals surface area contributed by atoms with Gasteiger partial charge in [0, 0.05) is 11.5 Å². The van der Waals surface area contributed by atoms with Gasteiger partial charge >= 0.3 is 0 Å². The Kier molecular flexibility index (Phi) is 5.01. The molecule has 1 fully saturated rings. The van der Waals surface area contributed by atoms with Crippen LogP contribution in [0.1, 0.15) is 49.4 Å². The minimum absolute atomic E-state index is 0.118. The van der Waals surface area contributed by atoms with Gasteiger partial charge in [0.1, 0.15) is 11.6 Å². The van der Waals surface area contributed by atoms with Crippen molar-refractivity contribution in [3.05, 3.63) is 70.3 Å². The molecule has 4 rings (SSSR count). The summed E-state index contributed by atoms with van der Waals surface area (Å²) in [6, 6.07) is 15.1. The first kappa shape index (κ1) is 17.5. The van der Waals surface area contributed by atoms with Crippen molar-refractivity contribution in [1.82, 2.24) is 9.66 Å². The molecule has 0 spiro atoms. The van der Waals surface area contributed by atoms with Crippen LogP contribution in [0.15, 0.2) is 58.4 Å². The highest BCUT2D eigenvalue weighted by Crippen LogP contribution is 2.31. The van der Waals surface area contributed by atoms with Gasteiger partial charge in [-0.2, -0.15) is 9.78 Å². The minimum Gasteiger partial charge on any atom is -0.496 e. The van der Waals surface area contributed by atoms with E-state index in [0.29, 0.717) is 5.39 Å². The van der Waals surface area contributed by atoms with Gasteiger partial charge in [0.05, 0.1) is 24.2 Å². The third-order valence-electron chi connectivity index (χ3n) is 5.20. The van der Waals surface area contributed by atoms with Crippen molar-refractivity contribution in [3.8, 4) is 5.75 Å². The van der Waals surface area contributed by atoms with Gasteiger partial charge in [-0.25, -0.2) is 4.98 Å². The lowest BCUT2D eigenvalue weighted by Gasteiger charge is -2.22. The van der Waals surface area contributed by atoms with Crippen molar-refractivity contribution in [2.24, 2.45) is 5.10 Å². The molecule has 1 aliphatic rings. The molecule has 5 nitrogen and oxygen atoms in total. The molecule has 0 saturated heterocycles. The highest BCUT2D eigenvalue weighted by Gasteiger charge is 2.22. The van der Waals surface area contributed by atoms with E-state index in [4.69, 9.17) is 9.72 Å². The third kappa shape index (κ3) is 3.50. The first-order valence-electron chi connectivity index (χ1n) is 9.47. The number of hydrogen-bond acceptors (Lipinski definition) is 4. The van der Waals surface area contributed by atoms with Crippen LogP contribution in [0.4, 0.5) is 0 Å². The molecule has 27 heavy (non-hydrogen) atoms. The molecule has 0 atom stereocenters. The lowest BCUT2D eigenvalue weighted by molar-refractivity contribution is 0.413. The molecule has 3 aromatic rings. The molecule has 1 aromatic heterocycles. The second kappa shape index (κ2) is 7.74. The smallest absolute Gasteiger partial charge is 0.282 e. The van der Waals surface area contributed by atoms with Crippen LogP contribution < -0.4 is 10.3 Å². The SMILES string of the molecule is COc1ccccc1C=Nn1c(C2CCCCC2)nc2ccccc2c1=O. The van der Waals surface area contributed by atoms with Crippen molar-refractivity contribution in [3.63, 3.8) is 0 Å². The van der Waals surface area contributed by atoms with Crippen LogP contribution in [-0.2, 0) is 0 Å². The molecular formula is C22H23N3O2. The topological polar surface area (TPSA) is 56.5 Å². The number of rotatable bonds is 4. The van der Waals surface area contributed by atoms with Gasteiger partial charge < -0.3 is 4.74 Å². The molecule has 1 saturated carbocycles. The van der Waals surface area contributed by atoms with Gasteiger partial charge in [-0.15, -0.1) is 0 Å². The number of aromatic nitrogens is 2. The summed E-state index contributed by atoms with van der Waals surface area (Å²) >= 11 is 0. The maximum absolute atomic E-state index is 13.1. The van der Waals surface area contributed by atoms with E-state index in [1.807, 2.05) is 48.5 Å². The quantitative estimate of drug-likeness (QED) is 0.650. The van der Waals surface area contributed by atoms with Gasteiger partial charge in [-0.3, -0.25) is 4.79 Å². The summed E-state index contributed by atoms with van der Waals surface area (Å²) in [5, 5.41) is 5.14. The summed E-state index contributed by atoms with van der Waals surface area (Å²) < 4.78 is 6.88. The Morgan fingerprint density at radius 3 is 2.63 bits per heavy atom. The predicted molar refractivity (Wildman–Crippen MR) is 108 cm³/mol. The van der Waals surface area contributed by atoms with Gasteiger partial charge in [-0.05, 0) is 37.1 Å². The van der Waals surface area contributed by atoms with E-state index < -0.39 is 0 Å². The average Bonchev–Trinajstić information content (AvgIpc) is 2.74. The maximum Gasteiger partial charge on any atom is 0.282 e. The Hall–Kier alpha value is -2.95. The summed E-state index contributed by atoms with van der Waals surface area (Å²) in [6.45, 7) is 0. The fourth-order valence-electron chi connectivity index (χ4n) is 3.77. The van der Waals surface area contributed by atoms with Crippen LogP contribution in [0.2, 0.25) is 0 Å². The van der Waals surface area contributed by atoms with Crippen molar-refractivity contribution in [2.75, 3.05) is 7.11 Å². The zero-order chi connectivity index (χ0) is 18.6. The van der Waals surface area contributed by atoms with Crippen LogP contribution in [0.25, 0.3) is 10.9 Å².